The molecule has 0 atom stereocenters. The number of fused-ring (bicyclic) bond motifs is 1. The number of nitriles is 1. The SMILES string of the molecule is CN1CCn2cc(C#Cc3cccc(C#N)c3)cc2C1=O. The summed E-state index contributed by atoms with van der Waals surface area (Å²) in [6, 6.07) is 11.1. The molecule has 3 rings (SSSR count). The fraction of sp³-hybridized carbons (Fsp3) is 0.176. The van der Waals surface area contributed by atoms with Gasteiger partial charge in [-0.15, -0.1) is 0 Å². The summed E-state index contributed by atoms with van der Waals surface area (Å²) in [7, 11) is 1.80. The van der Waals surface area contributed by atoms with Crippen molar-refractivity contribution in [2.45, 2.75) is 6.54 Å². The van der Waals surface area contributed by atoms with Crippen LogP contribution in [-0.4, -0.2) is 29.0 Å². The summed E-state index contributed by atoms with van der Waals surface area (Å²) in [6.07, 6.45) is 1.90. The zero-order valence-electron chi connectivity index (χ0n) is 11.6. The largest absolute Gasteiger partial charge is 0.340 e. The number of carbonyl (C=O) groups excluding carboxylic acids is 1. The van der Waals surface area contributed by atoms with Crippen LogP contribution >= 0.6 is 0 Å². The standard InChI is InChI=1S/C17H13N3O/c1-19-7-8-20-12-15(10-16(20)17(19)21)6-5-13-3-2-4-14(9-13)11-18/h2-4,9-10,12H,7-8H2,1H3. The van der Waals surface area contributed by atoms with Gasteiger partial charge in [0.25, 0.3) is 5.91 Å². The smallest absolute Gasteiger partial charge is 0.270 e. The van der Waals surface area contributed by atoms with Gasteiger partial charge in [0.05, 0.1) is 11.6 Å². The number of benzene rings is 1. The summed E-state index contributed by atoms with van der Waals surface area (Å²) in [5.74, 6) is 6.11. The average Bonchev–Trinajstić information content (AvgIpc) is 2.93. The van der Waals surface area contributed by atoms with E-state index in [1.807, 2.05) is 29.0 Å². The highest BCUT2D eigenvalue weighted by Gasteiger charge is 2.21. The molecule has 1 aliphatic heterocycles. The van der Waals surface area contributed by atoms with Crippen molar-refractivity contribution in [1.82, 2.24) is 9.47 Å². The van der Waals surface area contributed by atoms with E-state index in [4.69, 9.17) is 5.26 Å². The predicted molar refractivity (Wildman–Crippen MR) is 78.5 cm³/mol. The van der Waals surface area contributed by atoms with Crippen molar-refractivity contribution in [3.8, 4) is 17.9 Å². The molecular formula is C17H13N3O. The second-order valence-electron chi connectivity index (χ2n) is 4.98. The normalized spacial score (nSPS) is 13.1. The second-order valence-corrected chi connectivity index (χ2v) is 4.98. The Bertz CT molecular complexity index is 815. The van der Waals surface area contributed by atoms with Crippen LogP contribution in [0.3, 0.4) is 0 Å². The van der Waals surface area contributed by atoms with Gasteiger partial charge in [-0.1, -0.05) is 17.9 Å². The monoisotopic (exact) mass is 275 g/mol. The van der Waals surface area contributed by atoms with Gasteiger partial charge >= 0.3 is 0 Å². The van der Waals surface area contributed by atoms with Crippen molar-refractivity contribution in [3.05, 3.63) is 58.9 Å². The number of nitrogens with zero attached hydrogens (tertiary/aromatic N) is 3. The van der Waals surface area contributed by atoms with E-state index in [0.717, 1.165) is 24.2 Å². The Balaban J connectivity index is 1.90. The summed E-state index contributed by atoms with van der Waals surface area (Å²) >= 11 is 0. The van der Waals surface area contributed by atoms with Crippen LogP contribution in [0.25, 0.3) is 0 Å². The third kappa shape index (κ3) is 2.52. The van der Waals surface area contributed by atoms with Crippen molar-refractivity contribution in [2.24, 2.45) is 0 Å². The van der Waals surface area contributed by atoms with Gasteiger partial charge in [-0.3, -0.25) is 4.79 Å². The van der Waals surface area contributed by atoms with Gasteiger partial charge in [-0.2, -0.15) is 5.26 Å². The summed E-state index contributed by atoms with van der Waals surface area (Å²) in [5, 5.41) is 8.87. The lowest BCUT2D eigenvalue weighted by Crippen LogP contribution is -2.36. The van der Waals surface area contributed by atoms with E-state index in [-0.39, 0.29) is 5.91 Å². The summed E-state index contributed by atoms with van der Waals surface area (Å²) in [4.78, 5) is 13.7. The van der Waals surface area contributed by atoms with Crippen LogP contribution < -0.4 is 0 Å². The number of rotatable bonds is 0. The average molecular weight is 275 g/mol. The molecular weight excluding hydrogens is 262 g/mol. The highest BCUT2D eigenvalue weighted by molar-refractivity contribution is 5.93. The van der Waals surface area contributed by atoms with Gasteiger partial charge in [0, 0.05) is 37.5 Å². The third-order valence-corrected chi connectivity index (χ3v) is 3.48. The number of carbonyl (C=O) groups is 1. The zero-order valence-corrected chi connectivity index (χ0v) is 11.6. The number of hydrogen-bond acceptors (Lipinski definition) is 2. The molecule has 0 bridgehead atoms. The molecule has 0 radical (unpaired) electrons. The predicted octanol–water partition coefficient (Wildman–Crippen LogP) is 1.85. The first-order valence-corrected chi connectivity index (χ1v) is 6.65. The van der Waals surface area contributed by atoms with Crippen LogP contribution in [0.4, 0.5) is 0 Å². The van der Waals surface area contributed by atoms with E-state index in [1.54, 1.807) is 24.1 Å². The minimum atomic E-state index is 0.0285. The molecule has 1 aromatic heterocycles. The molecule has 0 unspecified atom stereocenters. The van der Waals surface area contributed by atoms with E-state index in [2.05, 4.69) is 17.9 Å². The van der Waals surface area contributed by atoms with Crippen molar-refractivity contribution in [1.29, 1.82) is 5.26 Å². The van der Waals surface area contributed by atoms with Gasteiger partial charge in [0.2, 0.25) is 0 Å². The molecule has 102 valence electrons. The molecule has 2 heterocycles. The molecule has 1 aliphatic rings. The Morgan fingerprint density at radius 3 is 2.67 bits per heavy atom. The first-order chi connectivity index (χ1) is 10.2. The van der Waals surface area contributed by atoms with Crippen LogP contribution in [0.2, 0.25) is 0 Å². The summed E-state index contributed by atoms with van der Waals surface area (Å²) in [5.41, 5.74) is 2.88. The Morgan fingerprint density at radius 2 is 1.86 bits per heavy atom. The van der Waals surface area contributed by atoms with Crippen molar-refractivity contribution < 1.29 is 4.79 Å². The lowest BCUT2D eigenvalue weighted by Gasteiger charge is -2.23. The maximum atomic E-state index is 12.0. The van der Waals surface area contributed by atoms with E-state index in [9.17, 15) is 4.79 Å². The Morgan fingerprint density at radius 1 is 1.10 bits per heavy atom. The number of likely N-dealkylation sites (N-methyl/N-ethyl adjacent to an activating group) is 1. The molecule has 1 aromatic carbocycles. The highest BCUT2D eigenvalue weighted by Crippen LogP contribution is 2.15. The number of aromatic nitrogens is 1. The Labute approximate surface area is 123 Å². The van der Waals surface area contributed by atoms with Crippen molar-refractivity contribution in [2.75, 3.05) is 13.6 Å². The fourth-order valence-electron chi connectivity index (χ4n) is 2.31. The Hall–Kier alpha value is -2.98. The quantitative estimate of drug-likeness (QED) is 0.689. The maximum Gasteiger partial charge on any atom is 0.270 e. The minimum absolute atomic E-state index is 0.0285. The Kier molecular flexibility index (Phi) is 3.22. The maximum absolute atomic E-state index is 12.0. The molecule has 0 fully saturated rings. The third-order valence-electron chi connectivity index (χ3n) is 3.48. The van der Waals surface area contributed by atoms with Gasteiger partial charge in [-0.05, 0) is 24.3 Å². The van der Waals surface area contributed by atoms with Gasteiger partial charge < -0.3 is 9.47 Å². The first kappa shape index (κ1) is 13.0. The van der Waals surface area contributed by atoms with E-state index in [0.29, 0.717) is 11.3 Å². The van der Waals surface area contributed by atoms with Gasteiger partial charge in [0.15, 0.2) is 0 Å². The van der Waals surface area contributed by atoms with Gasteiger partial charge in [-0.25, -0.2) is 0 Å². The van der Waals surface area contributed by atoms with E-state index >= 15 is 0 Å². The molecule has 4 nitrogen and oxygen atoms in total. The minimum Gasteiger partial charge on any atom is -0.340 e. The topological polar surface area (TPSA) is 49.0 Å². The number of amides is 1. The molecule has 0 saturated heterocycles. The molecule has 1 amide bonds. The van der Waals surface area contributed by atoms with Crippen molar-refractivity contribution in [3.63, 3.8) is 0 Å². The van der Waals surface area contributed by atoms with E-state index < -0.39 is 0 Å². The van der Waals surface area contributed by atoms with Gasteiger partial charge in [0.1, 0.15) is 5.69 Å². The van der Waals surface area contributed by atoms with Crippen LogP contribution in [0, 0.1) is 23.2 Å². The molecule has 4 heteroatoms. The molecule has 0 saturated carbocycles. The van der Waals surface area contributed by atoms with Crippen molar-refractivity contribution >= 4 is 5.91 Å². The second kappa shape index (κ2) is 5.19. The molecule has 21 heavy (non-hydrogen) atoms. The molecule has 0 aliphatic carbocycles. The fourth-order valence-corrected chi connectivity index (χ4v) is 2.31. The van der Waals surface area contributed by atoms with Crippen LogP contribution in [0.5, 0.6) is 0 Å². The molecule has 0 N–H and O–H groups in total. The van der Waals surface area contributed by atoms with E-state index in [1.165, 1.54) is 0 Å². The lowest BCUT2D eigenvalue weighted by molar-refractivity contribution is 0.0749. The van der Waals surface area contributed by atoms with Crippen LogP contribution in [0.15, 0.2) is 36.5 Å². The summed E-state index contributed by atoms with van der Waals surface area (Å²) < 4.78 is 1.94. The van der Waals surface area contributed by atoms with Crippen LogP contribution in [0.1, 0.15) is 27.2 Å². The number of hydrogen-bond donors (Lipinski definition) is 0. The molecule has 2 aromatic rings. The first-order valence-electron chi connectivity index (χ1n) is 6.65. The lowest BCUT2D eigenvalue weighted by atomic mass is 10.1. The summed E-state index contributed by atoms with van der Waals surface area (Å²) in [6.45, 7) is 1.51. The van der Waals surface area contributed by atoms with Crippen LogP contribution in [-0.2, 0) is 6.54 Å². The molecule has 0 spiro atoms. The highest BCUT2D eigenvalue weighted by atomic mass is 16.2. The zero-order chi connectivity index (χ0) is 14.8.